The van der Waals surface area contributed by atoms with Crippen molar-refractivity contribution < 1.29 is 9.47 Å². The van der Waals surface area contributed by atoms with Crippen LogP contribution in [0.3, 0.4) is 0 Å². The van der Waals surface area contributed by atoms with Crippen LogP contribution in [-0.2, 0) is 0 Å². The van der Waals surface area contributed by atoms with E-state index in [0.717, 1.165) is 23.6 Å². The molecule has 6 heteroatoms. The Morgan fingerprint density at radius 2 is 2.00 bits per heavy atom. The van der Waals surface area contributed by atoms with Crippen molar-refractivity contribution in [3.63, 3.8) is 0 Å². The van der Waals surface area contributed by atoms with Gasteiger partial charge in [-0.25, -0.2) is 4.99 Å². The molecule has 0 saturated heterocycles. The van der Waals surface area contributed by atoms with Gasteiger partial charge in [-0.2, -0.15) is 0 Å². The lowest BCUT2D eigenvalue weighted by Crippen LogP contribution is -2.22. The number of nitrogens with one attached hydrogen (secondary N) is 1. The molecular formula is C15H22IN3O2. The van der Waals surface area contributed by atoms with Crippen LogP contribution in [0.25, 0.3) is 0 Å². The van der Waals surface area contributed by atoms with Crippen LogP contribution in [0.2, 0.25) is 0 Å². The number of halogens is 1. The summed E-state index contributed by atoms with van der Waals surface area (Å²) < 4.78 is 11.2. The van der Waals surface area contributed by atoms with Crippen LogP contribution in [0.1, 0.15) is 20.3 Å². The highest BCUT2D eigenvalue weighted by Crippen LogP contribution is 2.32. The minimum absolute atomic E-state index is 0. The number of aliphatic imine (C=N–C) groups is 1. The van der Waals surface area contributed by atoms with Crippen molar-refractivity contribution in [2.24, 2.45) is 10.7 Å². The fourth-order valence-electron chi connectivity index (χ4n) is 1.76. The number of benzene rings is 1. The van der Waals surface area contributed by atoms with E-state index in [-0.39, 0.29) is 24.0 Å². The Kier molecular flexibility index (Phi) is 7.35. The van der Waals surface area contributed by atoms with Gasteiger partial charge in [0.1, 0.15) is 0 Å². The zero-order chi connectivity index (χ0) is 14.4. The molecule has 2 rings (SSSR count). The summed E-state index contributed by atoms with van der Waals surface area (Å²) in [4.78, 5) is 4.23. The molecule has 0 amide bonds. The average Bonchev–Trinajstić information content (AvgIpc) is 2.62. The van der Waals surface area contributed by atoms with E-state index in [1.807, 2.05) is 38.1 Å². The van der Waals surface area contributed by atoms with E-state index in [4.69, 9.17) is 15.2 Å². The van der Waals surface area contributed by atoms with Crippen LogP contribution in [0.4, 0.5) is 5.69 Å². The molecule has 1 heterocycles. The molecule has 1 aliphatic heterocycles. The molecule has 0 atom stereocenters. The Labute approximate surface area is 142 Å². The molecule has 116 valence electrons. The number of nitrogens with two attached hydrogens (primary N) is 1. The summed E-state index contributed by atoms with van der Waals surface area (Å²) in [5, 5.41) is 3.05. The van der Waals surface area contributed by atoms with E-state index < -0.39 is 0 Å². The zero-order valence-corrected chi connectivity index (χ0v) is 14.7. The van der Waals surface area contributed by atoms with Crippen LogP contribution in [0.15, 0.2) is 34.8 Å². The van der Waals surface area contributed by atoms with Gasteiger partial charge in [-0.05, 0) is 26.0 Å². The first-order valence-corrected chi connectivity index (χ1v) is 6.75. The number of ether oxygens (including phenoxy) is 2. The highest BCUT2D eigenvalue weighted by atomic mass is 127. The Hall–Kier alpha value is -1.44. The lowest BCUT2D eigenvalue weighted by Gasteiger charge is -2.10. The van der Waals surface area contributed by atoms with Gasteiger partial charge in [-0.15, -0.1) is 24.0 Å². The second-order valence-electron chi connectivity index (χ2n) is 4.84. The summed E-state index contributed by atoms with van der Waals surface area (Å²) in [6.07, 6.45) is 2.91. The van der Waals surface area contributed by atoms with E-state index >= 15 is 0 Å². The fraction of sp³-hybridized carbons (Fsp3) is 0.400. The highest BCUT2D eigenvalue weighted by Gasteiger charge is 2.10. The highest BCUT2D eigenvalue weighted by molar-refractivity contribution is 14.0. The second kappa shape index (κ2) is 8.76. The average molecular weight is 403 g/mol. The molecule has 0 spiro atoms. The van der Waals surface area contributed by atoms with Gasteiger partial charge in [0.05, 0.1) is 19.8 Å². The van der Waals surface area contributed by atoms with Crippen molar-refractivity contribution >= 4 is 35.6 Å². The molecule has 1 aromatic rings. The Morgan fingerprint density at radius 3 is 2.71 bits per heavy atom. The molecule has 1 aromatic carbocycles. The quantitative estimate of drug-likeness (QED) is 0.352. The van der Waals surface area contributed by atoms with Crippen molar-refractivity contribution in [1.29, 1.82) is 0 Å². The summed E-state index contributed by atoms with van der Waals surface area (Å²) in [6, 6.07) is 5.66. The molecular weight excluding hydrogens is 381 g/mol. The van der Waals surface area contributed by atoms with Crippen LogP contribution in [0, 0.1) is 0 Å². The maximum atomic E-state index is 5.84. The summed E-state index contributed by atoms with van der Waals surface area (Å²) in [7, 11) is 0. The van der Waals surface area contributed by atoms with Crippen LogP contribution in [-0.4, -0.2) is 25.7 Å². The minimum Gasteiger partial charge on any atom is -0.490 e. The lowest BCUT2D eigenvalue weighted by atomic mass is 10.3. The standard InChI is InChI=1S/C15H21N3O2.HI/c1-11(2)6-7-17-15(16)18-12-4-5-13-14(10-12)20-9-3-8-19-13;/h4-6,10H,3,7-9H2,1-2H3,(H3,16,17,18);1H. The van der Waals surface area contributed by atoms with E-state index in [1.54, 1.807) is 0 Å². The Morgan fingerprint density at radius 1 is 1.29 bits per heavy atom. The van der Waals surface area contributed by atoms with E-state index in [2.05, 4.69) is 10.3 Å². The molecule has 0 aliphatic carbocycles. The van der Waals surface area contributed by atoms with Gasteiger partial charge in [0.15, 0.2) is 17.5 Å². The first-order valence-electron chi connectivity index (χ1n) is 6.75. The Balaban J connectivity index is 0.00000220. The molecule has 0 fully saturated rings. The number of nitrogens with zero attached hydrogens (tertiary/aromatic N) is 1. The van der Waals surface area contributed by atoms with Gasteiger partial charge in [0.2, 0.25) is 0 Å². The maximum Gasteiger partial charge on any atom is 0.193 e. The molecule has 1 aliphatic rings. The van der Waals surface area contributed by atoms with Crippen molar-refractivity contribution in [2.45, 2.75) is 20.3 Å². The monoisotopic (exact) mass is 403 g/mol. The predicted octanol–water partition coefficient (Wildman–Crippen LogP) is 3.16. The fourth-order valence-corrected chi connectivity index (χ4v) is 1.76. The van der Waals surface area contributed by atoms with Crippen LogP contribution in [0.5, 0.6) is 11.5 Å². The van der Waals surface area contributed by atoms with E-state index in [1.165, 1.54) is 5.57 Å². The normalized spacial score (nSPS) is 13.7. The van der Waals surface area contributed by atoms with Gasteiger partial charge in [0.25, 0.3) is 0 Å². The summed E-state index contributed by atoms with van der Waals surface area (Å²) in [5.74, 6) is 1.90. The van der Waals surface area contributed by atoms with Gasteiger partial charge >= 0.3 is 0 Å². The zero-order valence-electron chi connectivity index (χ0n) is 12.4. The lowest BCUT2D eigenvalue weighted by molar-refractivity contribution is 0.297. The molecule has 3 N–H and O–H groups in total. The number of hydrogen-bond donors (Lipinski definition) is 2. The largest absolute Gasteiger partial charge is 0.490 e. The summed E-state index contributed by atoms with van der Waals surface area (Å²) >= 11 is 0. The predicted molar refractivity (Wildman–Crippen MR) is 97.0 cm³/mol. The third-order valence-electron chi connectivity index (χ3n) is 2.78. The van der Waals surface area contributed by atoms with Gasteiger partial charge < -0.3 is 20.5 Å². The molecule has 0 radical (unpaired) electrons. The molecule has 0 bridgehead atoms. The number of hydrogen-bond acceptors (Lipinski definition) is 3. The van der Waals surface area contributed by atoms with Crippen molar-refractivity contribution in [1.82, 2.24) is 0 Å². The van der Waals surface area contributed by atoms with E-state index in [9.17, 15) is 0 Å². The van der Waals surface area contributed by atoms with E-state index in [0.29, 0.717) is 25.7 Å². The van der Waals surface area contributed by atoms with Gasteiger partial charge in [-0.1, -0.05) is 11.6 Å². The number of guanidine groups is 1. The molecule has 21 heavy (non-hydrogen) atoms. The molecule has 0 aromatic heterocycles. The van der Waals surface area contributed by atoms with Crippen molar-refractivity contribution in [3.8, 4) is 11.5 Å². The molecule has 0 saturated carbocycles. The molecule has 0 unspecified atom stereocenters. The molecule has 5 nitrogen and oxygen atoms in total. The van der Waals surface area contributed by atoms with Gasteiger partial charge in [-0.3, -0.25) is 0 Å². The summed E-state index contributed by atoms with van der Waals surface area (Å²) in [5.41, 5.74) is 7.90. The van der Waals surface area contributed by atoms with Crippen LogP contribution < -0.4 is 20.5 Å². The van der Waals surface area contributed by atoms with Crippen molar-refractivity contribution in [2.75, 3.05) is 25.1 Å². The first-order chi connectivity index (χ1) is 9.65. The topological polar surface area (TPSA) is 68.9 Å². The third-order valence-corrected chi connectivity index (χ3v) is 2.78. The SMILES string of the molecule is CC(C)=CCN=C(N)Nc1ccc2c(c1)OCCCO2.I. The van der Waals surface area contributed by atoms with Gasteiger partial charge in [0, 0.05) is 18.2 Å². The number of anilines is 1. The summed E-state index contributed by atoms with van der Waals surface area (Å²) in [6.45, 7) is 5.99. The number of allylic oxidation sites excluding steroid dienone is 1. The number of fused-ring (bicyclic) bond motifs is 1. The Bertz CT molecular complexity index is 526. The van der Waals surface area contributed by atoms with Crippen molar-refractivity contribution in [3.05, 3.63) is 29.8 Å². The number of rotatable bonds is 3. The second-order valence-corrected chi connectivity index (χ2v) is 4.84. The minimum atomic E-state index is 0. The maximum absolute atomic E-state index is 5.84. The third kappa shape index (κ3) is 5.82. The smallest absolute Gasteiger partial charge is 0.193 e. The van der Waals surface area contributed by atoms with Crippen LogP contribution >= 0.6 is 24.0 Å². The first kappa shape index (κ1) is 17.6.